The Balaban J connectivity index is 1.97. The molecule has 0 radical (unpaired) electrons. The first-order valence-electron chi connectivity index (χ1n) is 5.57. The third kappa shape index (κ3) is 2.78. The van der Waals surface area contributed by atoms with Gasteiger partial charge < -0.3 is 5.32 Å². The molecule has 1 atom stereocenters. The molecule has 1 aromatic rings. The van der Waals surface area contributed by atoms with Gasteiger partial charge in [-0.15, -0.1) is 0 Å². The molecule has 0 amide bonds. The monoisotopic (exact) mass is 203 g/mol. The zero-order valence-electron chi connectivity index (χ0n) is 9.11. The normalized spacial score (nSPS) is 18.1. The first-order chi connectivity index (χ1) is 7.36. The number of hydrogen-bond acceptors (Lipinski definition) is 3. The standard InChI is InChI=1S/C12H17N3/c1-10(11-6-2-4-8-13-11)15-12-7-3-5-9-14-12/h2,4,6,8,10H,3,5,7,9H2,1H3,(H,14,15). The average molecular weight is 203 g/mol. The number of nitrogens with zero attached hydrogens (tertiary/aromatic N) is 2. The number of aliphatic imine (C=N–C) groups is 1. The summed E-state index contributed by atoms with van der Waals surface area (Å²) in [5, 5.41) is 3.42. The van der Waals surface area contributed by atoms with E-state index in [0.717, 1.165) is 24.5 Å². The number of amidine groups is 1. The van der Waals surface area contributed by atoms with Crippen LogP contribution < -0.4 is 5.32 Å². The number of rotatable bonds is 2. The second-order valence-corrected chi connectivity index (χ2v) is 3.91. The topological polar surface area (TPSA) is 37.3 Å². The van der Waals surface area contributed by atoms with E-state index < -0.39 is 0 Å². The van der Waals surface area contributed by atoms with E-state index in [0.29, 0.717) is 0 Å². The van der Waals surface area contributed by atoms with Gasteiger partial charge in [0.1, 0.15) is 0 Å². The van der Waals surface area contributed by atoms with Crippen molar-refractivity contribution in [3.05, 3.63) is 30.1 Å². The summed E-state index contributed by atoms with van der Waals surface area (Å²) in [6.45, 7) is 3.09. The summed E-state index contributed by atoms with van der Waals surface area (Å²) in [4.78, 5) is 8.80. The predicted octanol–water partition coefficient (Wildman–Crippen LogP) is 2.31. The molecular weight excluding hydrogens is 186 g/mol. The van der Waals surface area contributed by atoms with E-state index in [2.05, 4.69) is 22.2 Å². The van der Waals surface area contributed by atoms with Gasteiger partial charge in [0.25, 0.3) is 0 Å². The minimum absolute atomic E-state index is 0.253. The molecule has 1 aromatic heterocycles. The van der Waals surface area contributed by atoms with E-state index in [-0.39, 0.29) is 6.04 Å². The third-order valence-corrected chi connectivity index (χ3v) is 2.64. The molecule has 0 spiro atoms. The van der Waals surface area contributed by atoms with Gasteiger partial charge in [-0.25, -0.2) is 0 Å². The summed E-state index contributed by atoms with van der Waals surface area (Å²) in [6, 6.07) is 6.25. The Hall–Kier alpha value is -1.38. The van der Waals surface area contributed by atoms with Gasteiger partial charge in [0, 0.05) is 19.2 Å². The van der Waals surface area contributed by atoms with Gasteiger partial charge in [0.15, 0.2) is 0 Å². The Bertz CT molecular complexity index is 332. The fourth-order valence-corrected chi connectivity index (χ4v) is 1.77. The van der Waals surface area contributed by atoms with Crippen molar-refractivity contribution in [3.8, 4) is 0 Å². The second kappa shape index (κ2) is 4.91. The molecule has 80 valence electrons. The fourth-order valence-electron chi connectivity index (χ4n) is 1.77. The fraction of sp³-hybridized carbons (Fsp3) is 0.500. The van der Waals surface area contributed by atoms with Crippen molar-refractivity contribution in [3.63, 3.8) is 0 Å². The van der Waals surface area contributed by atoms with Crippen LogP contribution in [-0.4, -0.2) is 17.4 Å². The highest BCUT2D eigenvalue weighted by Gasteiger charge is 2.10. The van der Waals surface area contributed by atoms with Crippen LogP contribution in [0.1, 0.15) is 37.9 Å². The lowest BCUT2D eigenvalue weighted by Gasteiger charge is -2.18. The van der Waals surface area contributed by atoms with E-state index in [1.165, 1.54) is 12.8 Å². The van der Waals surface area contributed by atoms with E-state index in [1.807, 2.05) is 24.4 Å². The van der Waals surface area contributed by atoms with E-state index >= 15 is 0 Å². The molecule has 1 aliphatic rings. The van der Waals surface area contributed by atoms with Crippen LogP contribution in [0, 0.1) is 0 Å². The minimum Gasteiger partial charge on any atom is -0.366 e. The van der Waals surface area contributed by atoms with Crippen molar-refractivity contribution in [2.75, 3.05) is 6.54 Å². The van der Waals surface area contributed by atoms with Crippen LogP contribution in [0.25, 0.3) is 0 Å². The van der Waals surface area contributed by atoms with Gasteiger partial charge in [0.2, 0.25) is 0 Å². The Kier molecular flexibility index (Phi) is 3.33. The molecule has 1 aliphatic heterocycles. The summed E-state index contributed by atoms with van der Waals surface area (Å²) in [7, 11) is 0. The molecule has 1 unspecified atom stereocenters. The van der Waals surface area contributed by atoms with Crippen LogP contribution in [0.5, 0.6) is 0 Å². The molecule has 2 rings (SSSR count). The average Bonchev–Trinajstić information content (AvgIpc) is 2.31. The van der Waals surface area contributed by atoms with Crippen LogP contribution in [0.4, 0.5) is 0 Å². The predicted molar refractivity (Wildman–Crippen MR) is 61.9 cm³/mol. The van der Waals surface area contributed by atoms with Crippen LogP contribution in [0.3, 0.4) is 0 Å². The molecular formula is C12H17N3. The third-order valence-electron chi connectivity index (χ3n) is 2.64. The summed E-state index contributed by atoms with van der Waals surface area (Å²) in [5.41, 5.74) is 1.07. The second-order valence-electron chi connectivity index (χ2n) is 3.91. The van der Waals surface area contributed by atoms with Crippen LogP contribution in [0.2, 0.25) is 0 Å². The van der Waals surface area contributed by atoms with Gasteiger partial charge >= 0.3 is 0 Å². The van der Waals surface area contributed by atoms with E-state index in [9.17, 15) is 0 Å². The van der Waals surface area contributed by atoms with Crippen molar-refractivity contribution < 1.29 is 0 Å². The van der Waals surface area contributed by atoms with Crippen LogP contribution >= 0.6 is 0 Å². The zero-order chi connectivity index (χ0) is 10.5. The number of pyridine rings is 1. The molecule has 15 heavy (non-hydrogen) atoms. The first-order valence-corrected chi connectivity index (χ1v) is 5.57. The van der Waals surface area contributed by atoms with Crippen LogP contribution in [0.15, 0.2) is 29.4 Å². The summed E-state index contributed by atoms with van der Waals surface area (Å²) >= 11 is 0. The SMILES string of the molecule is CC(NC1=NCCCC1)c1ccccn1. The van der Waals surface area contributed by atoms with E-state index in [4.69, 9.17) is 0 Å². The van der Waals surface area contributed by atoms with Crippen molar-refractivity contribution in [1.82, 2.24) is 10.3 Å². The van der Waals surface area contributed by atoms with E-state index in [1.54, 1.807) is 0 Å². The smallest absolute Gasteiger partial charge is 0.0968 e. The first kappa shape index (κ1) is 10.1. The summed E-state index contributed by atoms with van der Waals surface area (Å²) in [6.07, 6.45) is 5.39. The Morgan fingerprint density at radius 2 is 2.27 bits per heavy atom. The lowest BCUT2D eigenvalue weighted by molar-refractivity contribution is 0.644. The lowest BCUT2D eigenvalue weighted by atomic mass is 10.1. The van der Waals surface area contributed by atoms with Gasteiger partial charge in [-0.2, -0.15) is 0 Å². The zero-order valence-corrected chi connectivity index (χ0v) is 9.11. The molecule has 0 saturated carbocycles. The van der Waals surface area contributed by atoms with Crippen molar-refractivity contribution >= 4 is 5.84 Å². The molecule has 0 bridgehead atoms. The number of nitrogens with one attached hydrogen (secondary N) is 1. The van der Waals surface area contributed by atoms with Gasteiger partial charge in [-0.1, -0.05) is 6.07 Å². The minimum atomic E-state index is 0.253. The summed E-state index contributed by atoms with van der Waals surface area (Å²) in [5.74, 6) is 1.14. The van der Waals surface area contributed by atoms with Crippen molar-refractivity contribution in [1.29, 1.82) is 0 Å². The maximum Gasteiger partial charge on any atom is 0.0968 e. The molecule has 0 aliphatic carbocycles. The summed E-state index contributed by atoms with van der Waals surface area (Å²) < 4.78 is 0. The maximum atomic E-state index is 4.47. The largest absolute Gasteiger partial charge is 0.366 e. The van der Waals surface area contributed by atoms with Crippen molar-refractivity contribution in [2.45, 2.75) is 32.2 Å². The highest BCUT2D eigenvalue weighted by Crippen LogP contribution is 2.11. The van der Waals surface area contributed by atoms with Gasteiger partial charge in [0.05, 0.1) is 17.6 Å². The quantitative estimate of drug-likeness (QED) is 0.801. The highest BCUT2D eigenvalue weighted by atomic mass is 15.0. The Labute approximate surface area is 90.6 Å². The highest BCUT2D eigenvalue weighted by molar-refractivity contribution is 5.82. The molecule has 3 nitrogen and oxygen atoms in total. The van der Waals surface area contributed by atoms with Crippen molar-refractivity contribution in [2.24, 2.45) is 4.99 Å². The Morgan fingerprint density at radius 3 is 2.93 bits per heavy atom. The van der Waals surface area contributed by atoms with Gasteiger partial charge in [-0.05, 0) is 31.9 Å². The number of hydrogen-bond donors (Lipinski definition) is 1. The van der Waals surface area contributed by atoms with Crippen LogP contribution in [-0.2, 0) is 0 Å². The lowest BCUT2D eigenvalue weighted by Crippen LogP contribution is -2.29. The molecule has 2 heterocycles. The number of aromatic nitrogens is 1. The molecule has 1 N–H and O–H groups in total. The Morgan fingerprint density at radius 1 is 1.33 bits per heavy atom. The molecule has 0 saturated heterocycles. The maximum absolute atomic E-state index is 4.47. The molecule has 3 heteroatoms. The van der Waals surface area contributed by atoms with Gasteiger partial charge in [-0.3, -0.25) is 9.98 Å². The molecule has 0 fully saturated rings. The molecule has 0 aromatic carbocycles.